The summed E-state index contributed by atoms with van der Waals surface area (Å²) in [7, 11) is -4.94. The summed E-state index contributed by atoms with van der Waals surface area (Å²) >= 11 is 0. The van der Waals surface area contributed by atoms with Gasteiger partial charge in [0.2, 0.25) is 0 Å². The van der Waals surface area contributed by atoms with Gasteiger partial charge in [-0.2, -0.15) is 6.42 Å². The molecule has 2 saturated carbocycles. The van der Waals surface area contributed by atoms with Crippen LogP contribution in [0.1, 0.15) is 38.2 Å². The van der Waals surface area contributed by atoms with E-state index in [9.17, 15) is 0 Å². The molecule has 0 aromatic heterocycles. The van der Waals surface area contributed by atoms with Crippen LogP contribution in [0.15, 0.2) is 30.3 Å². The van der Waals surface area contributed by atoms with Crippen LogP contribution in [0.4, 0.5) is 0 Å². The van der Waals surface area contributed by atoms with Gasteiger partial charge in [-0.1, -0.05) is 26.2 Å². The van der Waals surface area contributed by atoms with E-state index in [4.69, 9.17) is 23.7 Å². The SMILES string of the molecule is OC[CH+]c1ccccc1.[CH2-]CCCCC.[CH]1[CH][CH][CH][CH]1.[CH]1[CH][CH][CH][CH]1.[O-][Cl+3]([O-])([O-])[O-].[Zr]. The van der Waals surface area contributed by atoms with E-state index in [1.807, 2.05) is 94.5 Å². The fourth-order valence-corrected chi connectivity index (χ4v) is 1.76. The molecule has 1 N–H and O–H groups in total. The number of hydrogen-bond donors (Lipinski definition) is 1. The molecule has 0 unspecified atom stereocenters. The predicted octanol–water partition coefficient (Wildman–Crippen LogP) is 0.916. The third kappa shape index (κ3) is 40.9. The van der Waals surface area contributed by atoms with Gasteiger partial charge in [0, 0.05) is 44.8 Å². The Morgan fingerprint density at radius 2 is 1.13 bits per heavy atom. The van der Waals surface area contributed by atoms with Crippen LogP contribution >= 0.6 is 0 Å². The van der Waals surface area contributed by atoms with Crippen molar-refractivity contribution in [3.8, 4) is 0 Å². The Morgan fingerprint density at radius 3 is 1.35 bits per heavy atom. The first-order valence-corrected chi connectivity index (χ1v) is 10.8. The molecule has 7 heteroatoms. The van der Waals surface area contributed by atoms with Crippen LogP contribution in [0, 0.1) is 87.8 Å². The van der Waals surface area contributed by atoms with Crippen LogP contribution in [-0.4, -0.2) is 11.7 Å². The summed E-state index contributed by atoms with van der Waals surface area (Å²) in [5.41, 5.74) is 1.07. The minimum Gasteiger partial charge on any atom is -0.379 e. The van der Waals surface area contributed by atoms with Gasteiger partial charge in [-0.05, 0) is 82.4 Å². The van der Waals surface area contributed by atoms with Crippen molar-refractivity contribution >= 4 is 0 Å². The summed E-state index contributed by atoms with van der Waals surface area (Å²) in [6, 6.07) is 9.75. The Kier molecular flexibility index (Phi) is 32.3. The van der Waals surface area contributed by atoms with Crippen molar-refractivity contribution in [3.63, 3.8) is 0 Å². The average molecular weight is 527 g/mol. The van der Waals surface area contributed by atoms with Crippen molar-refractivity contribution in [2.75, 3.05) is 6.61 Å². The number of halogens is 1. The minimum atomic E-state index is -4.94. The summed E-state index contributed by atoms with van der Waals surface area (Å²) in [6.45, 7) is 6.04. The Hall–Kier alpha value is 0.0631. The van der Waals surface area contributed by atoms with Crippen LogP contribution in [-0.2, 0) is 26.2 Å². The summed E-state index contributed by atoms with van der Waals surface area (Å²) in [5, 5.41) is 8.46. The molecule has 10 radical (unpaired) electrons. The van der Waals surface area contributed by atoms with Crippen molar-refractivity contribution in [2.24, 2.45) is 0 Å². The molecule has 0 aliphatic heterocycles. The molecule has 0 bridgehead atoms. The molecule has 1 aromatic carbocycles. The Bertz CT molecular complexity index is 387. The zero-order valence-corrected chi connectivity index (χ0v) is 21.2. The van der Waals surface area contributed by atoms with Crippen LogP contribution in [0.3, 0.4) is 0 Å². The number of rotatable bonds is 5. The third-order valence-electron chi connectivity index (χ3n) is 3.09. The fourth-order valence-electron chi connectivity index (χ4n) is 1.76. The molecular formula is C24H32ClO5Zr-. The van der Waals surface area contributed by atoms with E-state index in [2.05, 4.69) is 13.8 Å². The Morgan fingerprint density at radius 1 is 0.774 bits per heavy atom. The minimum absolute atomic E-state index is 0. The van der Waals surface area contributed by atoms with E-state index in [1.54, 1.807) is 6.42 Å². The van der Waals surface area contributed by atoms with Crippen LogP contribution in [0.25, 0.3) is 0 Å². The maximum atomic E-state index is 8.49. The number of hydrogen-bond acceptors (Lipinski definition) is 5. The van der Waals surface area contributed by atoms with Gasteiger partial charge in [0.05, 0.1) is 0 Å². The maximum absolute atomic E-state index is 8.49. The molecule has 2 fully saturated rings. The van der Waals surface area contributed by atoms with Crippen molar-refractivity contribution < 1.29 is 60.2 Å². The Balaban J connectivity index is -0.000000321. The van der Waals surface area contributed by atoms with E-state index < -0.39 is 10.2 Å². The number of unbranched alkanes of at least 4 members (excludes halogenated alkanes) is 3. The zero-order chi connectivity index (χ0) is 22.9. The topological polar surface area (TPSA) is 112 Å². The van der Waals surface area contributed by atoms with Gasteiger partial charge in [-0.3, -0.25) is 0 Å². The third-order valence-corrected chi connectivity index (χ3v) is 3.09. The molecule has 170 valence electrons. The maximum Gasteiger partial charge on any atom is 0.132 e. The first kappa shape index (κ1) is 35.6. The predicted molar refractivity (Wildman–Crippen MR) is 109 cm³/mol. The van der Waals surface area contributed by atoms with Crippen LogP contribution < -0.4 is 18.6 Å². The second kappa shape index (κ2) is 28.1. The van der Waals surface area contributed by atoms with Gasteiger partial charge in [0.15, 0.2) is 0 Å². The monoisotopic (exact) mass is 525 g/mol. The standard InChI is InChI=1S/C8H9O.C6H13.2C5H5.ClHO4.Zr/c9-7-6-8-4-2-1-3-5-8;1-3-5-6-4-2;2*1-2-4-5-3-1;2-1(3,4)5;/h1-6,9H,7H2;1,3-6H2,2H3;2*1-5H;(H,2,3,4,5);/q+1;-1;;;;/p-1. The molecule has 0 atom stereocenters. The quantitative estimate of drug-likeness (QED) is 0.453. The summed E-state index contributed by atoms with van der Waals surface area (Å²) < 4.78 is 34.0. The summed E-state index contributed by atoms with van der Waals surface area (Å²) in [6.07, 6.45) is 26.8. The van der Waals surface area contributed by atoms with Crippen LogP contribution in [0.5, 0.6) is 0 Å². The van der Waals surface area contributed by atoms with Gasteiger partial charge in [-0.15, -0.1) is 10.2 Å². The molecule has 2 aliphatic carbocycles. The summed E-state index contributed by atoms with van der Waals surface area (Å²) in [4.78, 5) is 0. The number of aliphatic hydroxyl groups is 1. The molecule has 0 spiro atoms. The molecular weight excluding hydrogens is 495 g/mol. The summed E-state index contributed by atoms with van der Waals surface area (Å²) in [5.74, 6) is 0. The van der Waals surface area contributed by atoms with Crippen molar-refractivity contribution in [1.29, 1.82) is 0 Å². The molecule has 1 aromatic rings. The van der Waals surface area contributed by atoms with Crippen molar-refractivity contribution in [2.45, 2.75) is 32.6 Å². The molecule has 0 amide bonds. The second-order valence-electron chi connectivity index (χ2n) is 5.66. The normalized spacial score (nSPS) is 14.0. The van der Waals surface area contributed by atoms with Gasteiger partial charge in [-0.25, -0.2) is 18.6 Å². The molecule has 31 heavy (non-hydrogen) atoms. The van der Waals surface area contributed by atoms with Gasteiger partial charge < -0.3 is 12.0 Å². The van der Waals surface area contributed by atoms with Gasteiger partial charge >= 0.3 is 0 Å². The van der Waals surface area contributed by atoms with Crippen LogP contribution in [0.2, 0.25) is 0 Å². The van der Waals surface area contributed by atoms with E-state index in [-0.39, 0.29) is 32.8 Å². The number of aliphatic hydroxyl groups excluding tert-OH is 1. The smallest absolute Gasteiger partial charge is 0.132 e. The van der Waals surface area contributed by atoms with E-state index in [0.29, 0.717) is 0 Å². The molecule has 3 rings (SSSR count). The zero-order valence-electron chi connectivity index (χ0n) is 17.9. The van der Waals surface area contributed by atoms with Gasteiger partial charge in [0.25, 0.3) is 0 Å². The van der Waals surface area contributed by atoms with Crippen molar-refractivity contribution in [1.82, 2.24) is 0 Å². The van der Waals surface area contributed by atoms with E-state index >= 15 is 0 Å². The molecule has 5 nitrogen and oxygen atoms in total. The van der Waals surface area contributed by atoms with Crippen molar-refractivity contribution in [3.05, 3.63) is 113 Å². The van der Waals surface area contributed by atoms with E-state index in [1.165, 1.54) is 19.3 Å². The molecule has 2 aliphatic rings. The first-order chi connectivity index (χ1) is 14.3. The fraction of sp³-hybridized carbons (Fsp3) is 0.250. The molecule has 0 heterocycles. The largest absolute Gasteiger partial charge is 0.379 e. The second-order valence-corrected chi connectivity index (χ2v) is 6.42. The van der Waals surface area contributed by atoms with E-state index in [0.717, 1.165) is 12.0 Å². The average Bonchev–Trinajstić information content (AvgIpc) is 3.46. The van der Waals surface area contributed by atoms with Gasteiger partial charge in [0.1, 0.15) is 12.2 Å². The molecule has 0 saturated heterocycles. The Labute approximate surface area is 212 Å². The first-order valence-electron chi connectivity index (χ1n) is 9.58. The number of benzene rings is 1.